The van der Waals surface area contributed by atoms with Crippen LogP contribution in [0.25, 0.3) is 0 Å². The van der Waals surface area contributed by atoms with E-state index in [9.17, 15) is 0 Å². The van der Waals surface area contributed by atoms with E-state index in [-0.39, 0.29) is 11.8 Å². The van der Waals surface area contributed by atoms with E-state index in [4.69, 9.17) is 16.2 Å². The van der Waals surface area contributed by atoms with Crippen molar-refractivity contribution in [3.05, 3.63) is 41.6 Å². The van der Waals surface area contributed by atoms with Gasteiger partial charge in [0.1, 0.15) is 6.61 Å². The van der Waals surface area contributed by atoms with Gasteiger partial charge in [-0.1, -0.05) is 30.3 Å². The minimum atomic E-state index is 0.159. The van der Waals surface area contributed by atoms with Crippen LogP contribution in [0.2, 0.25) is 0 Å². The summed E-state index contributed by atoms with van der Waals surface area (Å²) >= 11 is 0. The first kappa shape index (κ1) is 11.2. The summed E-state index contributed by atoms with van der Waals surface area (Å²) in [7, 11) is 0. The topological polar surface area (TPSA) is 87.0 Å². The van der Waals surface area contributed by atoms with Crippen molar-refractivity contribution < 1.29 is 4.74 Å². The fourth-order valence-corrected chi connectivity index (χ4v) is 1.52. The van der Waals surface area contributed by atoms with Crippen molar-refractivity contribution in [1.29, 1.82) is 0 Å². The summed E-state index contributed by atoms with van der Waals surface area (Å²) in [6, 6.07) is 9.81. The lowest BCUT2D eigenvalue weighted by Crippen LogP contribution is -2.06. The Labute approximate surface area is 99.5 Å². The maximum atomic E-state index is 5.73. The van der Waals surface area contributed by atoms with Crippen LogP contribution >= 0.6 is 0 Å². The summed E-state index contributed by atoms with van der Waals surface area (Å²) in [6.45, 7) is 2.22. The Morgan fingerprint density at radius 1 is 1.12 bits per heavy atom. The number of nitrogens with zero attached hydrogens (tertiary/aromatic N) is 2. The lowest BCUT2D eigenvalue weighted by molar-refractivity contribution is 0.303. The third-order valence-corrected chi connectivity index (χ3v) is 2.30. The lowest BCUT2D eigenvalue weighted by Gasteiger charge is -2.10. The second kappa shape index (κ2) is 4.69. The zero-order valence-electron chi connectivity index (χ0n) is 9.55. The van der Waals surface area contributed by atoms with Gasteiger partial charge >= 0.3 is 0 Å². The van der Waals surface area contributed by atoms with Gasteiger partial charge in [-0.05, 0) is 12.5 Å². The Morgan fingerprint density at radius 3 is 2.47 bits per heavy atom. The number of hydrogen-bond donors (Lipinski definition) is 2. The number of benzene rings is 1. The summed E-state index contributed by atoms with van der Waals surface area (Å²) in [4.78, 5) is 7.87. The molecule has 4 N–H and O–H groups in total. The zero-order chi connectivity index (χ0) is 12.3. The third kappa shape index (κ3) is 2.63. The molecule has 2 aromatic rings. The predicted octanol–water partition coefficient (Wildman–Crippen LogP) is 1.53. The van der Waals surface area contributed by atoms with Crippen molar-refractivity contribution in [2.75, 3.05) is 11.5 Å². The molecule has 0 saturated carbocycles. The van der Waals surface area contributed by atoms with Crippen molar-refractivity contribution in [3.63, 3.8) is 0 Å². The van der Waals surface area contributed by atoms with Gasteiger partial charge in [0.05, 0.1) is 5.69 Å². The van der Waals surface area contributed by atoms with Gasteiger partial charge in [0.2, 0.25) is 5.95 Å². The smallest absolute Gasteiger partial charge is 0.222 e. The monoisotopic (exact) mass is 230 g/mol. The van der Waals surface area contributed by atoms with E-state index >= 15 is 0 Å². The van der Waals surface area contributed by atoms with Gasteiger partial charge in [-0.3, -0.25) is 0 Å². The van der Waals surface area contributed by atoms with Gasteiger partial charge < -0.3 is 16.2 Å². The van der Waals surface area contributed by atoms with Crippen LogP contribution in [0.1, 0.15) is 11.3 Å². The molecule has 5 heteroatoms. The molecular weight excluding hydrogens is 216 g/mol. The van der Waals surface area contributed by atoms with E-state index in [1.165, 1.54) is 0 Å². The van der Waals surface area contributed by atoms with Gasteiger partial charge in [-0.25, -0.2) is 4.98 Å². The van der Waals surface area contributed by atoms with E-state index in [0.29, 0.717) is 18.1 Å². The SMILES string of the molecule is Cc1nc(N)nc(N)c1OCc1ccccc1. The zero-order valence-corrected chi connectivity index (χ0v) is 9.55. The van der Waals surface area contributed by atoms with Crippen molar-refractivity contribution in [2.45, 2.75) is 13.5 Å². The maximum absolute atomic E-state index is 5.73. The van der Waals surface area contributed by atoms with Crippen molar-refractivity contribution in [1.82, 2.24) is 9.97 Å². The second-order valence-corrected chi connectivity index (χ2v) is 3.66. The highest BCUT2D eigenvalue weighted by Gasteiger charge is 2.09. The standard InChI is InChI=1S/C12H14N4O/c1-8-10(11(13)16-12(14)15-8)17-7-9-5-3-2-4-6-9/h2-6H,7H2,1H3,(H4,13,14,15,16). The van der Waals surface area contributed by atoms with Crippen molar-refractivity contribution >= 4 is 11.8 Å². The highest BCUT2D eigenvalue weighted by molar-refractivity contribution is 5.51. The molecule has 0 aliphatic heterocycles. The molecule has 0 aliphatic rings. The number of aromatic nitrogens is 2. The molecule has 0 amide bonds. The molecule has 0 atom stereocenters. The normalized spacial score (nSPS) is 10.2. The Bertz CT molecular complexity index is 490. The summed E-state index contributed by atoms with van der Waals surface area (Å²) in [5.74, 6) is 0.918. The molecule has 0 fully saturated rings. The molecule has 5 nitrogen and oxygen atoms in total. The molecular formula is C12H14N4O. The van der Waals surface area contributed by atoms with Crippen LogP contribution in [-0.4, -0.2) is 9.97 Å². The van der Waals surface area contributed by atoms with Gasteiger partial charge in [-0.15, -0.1) is 0 Å². The van der Waals surface area contributed by atoms with Gasteiger partial charge in [-0.2, -0.15) is 4.98 Å². The van der Waals surface area contributed by atoms with Gasteiger partial charge in [0.25, 0.3) is 0 Å². The van der Waals surface area contributed by atoms with E-state index in [2.05, 4.69) is 9.97 Å². The van der Waals surface area contributed by atoms with Crippen LogP contribution in [0.4, 0.5) is 11.8 Å². The molecule has 2 rings (SSSR count). The van der Waals surface area contributed by atoms with Crippen molar-refractivity contribution in [2.24, 2.45) is 0 Å². The molecule has 1 aromatic carbocycles. The van der Waals surface area contributed by atoms with E-state index in [0.717, 1.165) is 5.56 Å². The molecule has 88 valence electrons. The lowest BCUT2D eigenvalue weighted by atomic mass is 10.2. The molecule has 0 radical (unpaired) electrons. The quantitative estimate of drug-likeness (QED) is 0.834. The Kier molecular flexibility index (Phi) is 3.09. The van der Waals surface area contributed by atoms with E-state index in [1.54, 1.807) is 6.92 Å². The molecule has 0 aliphatic carbocycles. The molecule has 0 unspecified atom stereocenters. The van der Waals surface area contributed by atoms with Crippen LogP contribution in [0.15, 0.2) is 30.3 Å². The average molecular weight is 230 g/mol. The number of nitrogen functional groups attached to an aromatic ring is 2. The summed E-state index contributed by atoms with van der Waals surface area (Å²) < 4.78 is 5.60. The Balaban J connectivity index is 2.15. The molecule has 1 heterocycles. The predicted molar refractivity (Wildman–Crippen MR) is 66.4 cm³/mol. The first-order valence-corrected chi connectivity index (χ1v) is 5.23. The van der Waals surface area contributed by atoms with Gasteiger partial charge in [0.15, 0.2) is 11.6 Å². The summed E-state index contributed by atoms with van der Waals surface area (Å²) in [5.41, 5.74) is 12.9. The first-order chi connectivity index (χ1) is 8.16. The summed E-state index contributed by atoms with van der Waals surface area (Å²) in [5, 5.41) is 0. The molecule has 1 aromatic heterocycles. The fraction of sp³-hybridized carbons (Fsp3) is 0.167. The number of aryl methyl sites for hydroxylation is 1. The first-order valence-electron chi connectivity index (χ1n) is 5.23. The second-order valence-electron chi connectivity index (χ2n) is 3.66. The maximum Gasteiger partial charge on any atom is 0.222 e. The molecule has 17 heavy (non-hydrogen) atoms. The minimum absolute atomic E-state index is 0.159. The third-order valence-electron chi connectivity index (χ3n) is 2.30. The molecule has 0 spiro atoms. The number of rotatable bonds is 3. The minimum Gasteiger partial charge on any atom is -0.483 e. The number of ether oxygens (including phenoxy) is 1. The van der Waals surface area contributed by atoms with Crippen LogP contribution < -0.4 is 16.2 Å². The number of nitrogens with two attached hydrogens (primary N) is 2. The Hall–Kier alpha value is -2.30. The fourth-order valence-electron chi connectivity index (χ4n) is 1.52. The van der Waals surface area contributed by atoms with Crippen LogP contribution in [0.5, 0.6) is 5.75 Å². The molecule has 0 saturated heterocycles. The van der Waals surface area contributed by atoms with E-state index < -0.39 is 0 Å². The van der Waals surface area contributed by atoms with Crippen LogP contribution in [0, 0.1) is 6.92 Å². The number of anilines is 2. The Morgan fingerprint density at radius 2 is 1.82 bits per heavy atom. The largest absolute Gasteiger partial charge is 0.483 e. The van der Waals surface area contributed by atoms with Crippen LogP contribution in [0.3, 0.4) is 0 Å². The molecule has 0 bridgehead atoms. The summed E-state index contributed by atoms with van der Waals surface area (Å²) in [6.07, 6.45) is 0. The number of hydrogen-bond acceptors (Lipinski definition) is 5. The average Bonchev–Trinajstić information content (AvgIpc) is 2.29. The highest BCUT2D eigenvalue weighted by atomic mass is 16.5. The van der Waals surface area contributed by atoms with E-state index in [1.807, 2.05) is 30.3 Å². The van der Waals surface area contributed by atoms with Crippen LogP contribution in [-0.2, 0) is 6.61 Å². The van der Waals surface area contributed by atoms with Gasteiger partial charge in [0, 0.05) is 0 Å². The van der Waals surface area contributed by atoms with Crippen molar-refractivity contribution in [3.8, 4) is 5.75 Å². The highest BCUT2D eigenvalue weighted by Crippen LogP contribution is 2.24.